The number of hydrazone groups is 1. The fourth-order valence-electron chi connectivity index (χ4n) is 0.691. The molecule has 0 radical (unpaired) electrons. The second-order valence-corrected chi connectivity index (χ2v) is 2.02. The zero-order chi connectivity index (χ0) is 8.97. The molecule has 0 aliphatic carbocycles. The average molecular weight is 168 g/mol. The van der Waals surface area contributed by atoms with Crippen molar-refractivity contribution in [1.29, 1.82) is 0 Å². The van der Waals surface area contributed by atoms with Crippen LogP contribution in [-0.4, -0.2) is 23.2 Å². The molecule has 64 valence electrons. The van der Waals surface area contributed by atoms with Crippen LogP contribution in [0.15, 0.2) is 20.8 Å². The van der Waals surface area contributed by atoms with Gasteiger partial charge in [-0.3, -0.25) is 9.78 Å². The summed E-state index contributed by atoms with van der Waals surface area (Å²) >= 11 is 0. The third-order valence-electron chi connectivity index (χ3n) is 1.11. The molecule has 0 spiro atoms. The predicted octanol–water partition coefficient (Wildman–Crippen LogP) is -1.38. The average Bonchev–Trinajstić information content (AvgIpc) is 1.99. The second-order valence-electron chi connectivity index (χ2n) is 2.02. The standard InChI is InChI=1S/C6H8N4O2/c1-7-8-3-4-2-5(11)10-6(12)9-4/h2-3,7H,1H3,(H2,9,10,11,12). The van der Waals surface area contributed by atoms with E-state index < -0.39 is 11.2 Å². The second kappa shape index (κ2) is 3.51. The molecule has 0 aliphatic rings. The van der Waals surface area contributed by atoms with Crippen molar-refractivity contribution in [3.8, 4) is 0 Å². The van der Waals surface area contributed by atoms with E-state index in [2.05, 4.69) is 15.5 Å². The van der Waals surface area contributed by atoms with E-state index >= 15 is 0 Å². The van der Waals surface area contributed by atoms with Crippen molar-refractivity contribution in [2.24, 2.45) is 5.10 Å². The number of aromatic amines is 2. The van der Waals surface area contributed by atoms with E-state index in [4.69, 9.17) is 0 Å². The topological polar surface area (TPSA) is 90.1 Å². The molecule has 1 aromatic rings. The molecular weight excluding hydrogens is 160 g/mol. The van der Waals surface area contributed by atoms with Gasteiger partial charge in [0.15, 0.2) is 0 Å². The molecule has 0 unspecified atom stereocenters. The number of nitrogens with one attached hydrogen (secondary N) is 3. The molecular formula is C6H8N4O2. The number of nitrogens with zero attached hydrogens (tertiary/aromatic N) is 1. The molecule has 12 heavy (non-hydrogen) atoms. The minimum atomic E-state index is -0.542. The lowest BCUT2D eigenvalue weighted by atomic mass is 10.4. The maximum atomic E-state index is 10.7. The Bertz CT molecular complexity index is 361. The van der Waals surface area contributed by atoms with E-state index in [9.17, 15) is 9.59 Å². The molecule has 0 aromatic carbocycles. The lowest BCUT2D eigenvalue weighted by Gasteiger charge is -1.89. The highest BCUT2D eigenvalue weighted by molar-refractivity contribution is 5.76. The van der Waals surface area contributed by atoms with Crippen molar-refractivity contribution in [2.45, 2.75) is 0 Å². The number of aromatic nitrogens is 2. The molecule has 1 rings (SSSR count). The molecule has 0 fully saturated rings. The zero-order valence-electron chi connectivity index (χ0n) is 6.42. The summed E-state index contributed by atoms with van der Waals surface area (Å²) in [4.78, 5) is 25.8. The van der Waals surface area contributed by atoms with Gasteiger partial charge in [-0.2, -0.15) is 5.10 Å². The molecule has 0 saturated heterocycles. The molecule has 1 aromatic heterocycles. The minimum absolute atomic E-state index is 0.359. The highest BCUT2D eigenvalue weighted by Crippen LogP contribution is 1.75. The van der Waals surface area contributed by atoms with Gasteiger partial charge in [-0.05, 0) is 0 Å². The van der Waals surface area contributed by atoms with Gasteiger partial charge in [-0.1, -0.05) is 0 Å². The molecule has 0 atom stereocenters. The summed E-state index contributed by atoms with van der Waals surface area (Å²) in [6.45, 7) is 0. The number of rotatable bonds is 2. The highest BCUT2D eigenvalue weighted by Gasteiger charge is 1.90. The lowest BCUT2D eigenvalue weighted by molar-refractivity contribution is 0.904. The van der Waals surface area contributed by atoms with Crippen molar-refractivity contribution < 1.29 is 0 Å². The van der Waals surface area contributed by atoms with E-state index in [0.717, 1.165) is 0 Å². The van der Waals surface area contributed by atoms with Gasteiger partial charge in [0.05, 0.1) is 11.9 Å². The monoisotopic (exact) mass is 168 g/mol. The Labute approximate surface area is 67.3 Å². The van der Waals surface area contributed by atoms with Crippen LogP contribution in [-0.2, 0) is 0 Å². The first-order chi connectivity index (χ1) is 5.72. The first kappa shape index (κ1) is 8.25. The van der Waals surface area contributed by atoms with Crippen LogP contribution in [0.1, 0.15) is 5.69 Å². The zero-order valence-corrected chi connectivity index (χ0v) is 6.42. The largest absolute Gasteiger partial charge is 0.326 e. The van der Waals surface area contributed by atoms with Crippen LogP contribution < -0.4 is 16.7 Å². The molecule has 3 N–H and O–H groups in total. The lowest BCUT2D eigenvalue weighted by Crippen LogP contribution is -2.22. The van der Waals surface area contributed by atoms with E-state index in [0.29, 0.717) is 5.69 Å². The van der Waals surface area contributed by atoms with Crippen LogP contribution in [0.4, 0.5) is 0 Å². The molecule has 0 saturated carbocycles. The van der Waals surface area contributed by atoms with Crippen LogP contribution in [0, 0.1) is 0 Å². The third-order valence-corrected chi connectivity index (χ3v) is 1.11. The molecule has 0 aliphatic heterocycles. The Hall–Kier alpha value is -1.85. The van der Waals surface area contributed by atoms with Gasteiger partial charge >= 0.3 is 5.69 Å². The van der Waals surface area contributed by atoms with Gasteiger partial charge in [0, 0.05) is 13.1 Å². The van der Waals surface area contributed by atoms with E-state index in [-0.39, 0.29) is 0 Å². The van der Waals surface area contributed by atoms with E-state index in [1.165, 1.54) is 12.3 Å². The summed E-state index contributed by atoms with van der Waals surface area (Å²) in [7, 11) is 1.61. The van der Waals surface area contributed by atoms with Crippen LogP contribution in [0.2, 0.25) is 0 Å². The summed E-state index contributed by atoms with van der Waals surface area (Å²) in [5.74, 6) is 0. The molecule has 6 nitrogen and oxygen atoms in total. The summed E-state index contributed by atoms with van der Waals surface area (Å²) < 4.78 is 0. The van der Waals surface area contributed by atoms with Crippen molar-refractivity contribution >= 4 is 6.21 Å². The molecule has 6 heteroatoms. The van der Waals surface area contributed by atoms with E-state index in [1.807, 2.05) is 4.98 Å². The van der Waals surface area contributed by atoms with Gasteiger partial charge in [0.1, 0.15) is 0 Å². The number of hydrogen-bond donors (Lipinski definition) is 3. The Kier molecular flexibility index (Phi) is 2.42. The highest BCUT2D eigenvalue weighted by atomic mass is 16.2. The third kappa shape index (κ3) is 2.08. The quantitative estimate of drug-likeness (QED) is 0.375. The maximum absolute atomic E-state index is 10.7. The predicted molar refractivity (Wildman–Crippen MR) is 44.3 cm³/mol. The van der Waals surface area contributed by atoms with Crippen LogP contribution >= 0.6 is 0 Å². The van der Waals surface area contributed by atoms with Crippen molar-refractivity contribution in [2.75, 3.05) is 7.05 Å². The number of hydrogen-bond acceptors (Lipinski definition) is 4. The maximum Gasteiger partial charge on any atom is 0.326 e. The Morgan fingerprint density at radius 1 is 1.50 bits per heavy atom. The van der Waals surface area contributed by atoms with E-state index in [1.54, 1.807) is 7.05 Å². The first-order valence-electron chi connectivity index (χ1n) is 3.26. The van der Waals surface area contributed by atoms with Crippen LogP contribution in [0.5, 0.6) is 0 Å². The number of H-pyrrole nitrogens is 2. The SMILES string of the molecule is CNN=Cc1cc(=O)[nH]c(=O)[nH]1. The summed E-state index contributed by atoms with van der Waals surface area (Å²) in [5, 5.41) is 3.63. The smallest absolute Gasteiger partial charge is 0.313 e. The summed E-state index contributed by atoms with van der Waals surface area (Å²) in [5.41, 5.74) is 1.86. The van der Waals surface area contributed by atoms with Crippen LogP contribution in [0.3, 0.4) is 0 Å². The van der Waals surface area contributed by atoms with Gasteiger partial charge in [-0.15, -0.1) is 0 Å². The van der Waals surface area contributed by atoms with Crippen LogP contribution in [0.25, 0.3) is 0 Å². The minimum Gasteiger partial charge on any atom is -0.313 e. The molecule has 1 heterocycles. The fourth-order valence-corrected chi connectivity index (χ4v) is 0.691. The van der Waals surface area contributed by atoms with Crippen molar-refractivity contribution in [1.82, 2.24) is 15.4 Å². The van der Waals surface area contributed by atoms with Crippen molar-refractivity contribution in [3.63, 3.8) is 0 Å². The summed E-state index contributed by atoms with van der Waals surface area (Å²) in [6, 6.07) is 1.24. The summed E-state index contributed by atoms with van der Waals surface area (Å²) in [6.07, 6.45) is 1.34. The van der Waals surface area contributed by atoms with Gasteiger partial charge in [-0.25, -0.2) is 4.79 Å². The van der Waals surface area contributed by atoms with Crippen molar-refractivity contribution in [3.05, 3.63) is 32.6 Å². The fraction of sp³-hybridized carbons (Fsp3) is 0.167. The van der Waals surface area contributed by atoms with Gasteiger partial charge in [0.25, 0.3) is 5.56 Å². The molecule has 0 amide bonds. The normalized spacial score (nSPS) is 10.4. The Balaban J connectivity index is 3.09. The Morgan fingerprint density at radius 3 is 2.83 bits per heavy atom. The van der Waals surface area contributed by atoms with Gasteiger partial charge < -0.3 is 10.4 Å². The first-order valence-corrected chi connectivity index (χ1v) is 3.26. The molecule has 0 bridgehead atoms. The Morgan fingerprint density at radius 2 is 2.25 bits per heavy atom. The van der Waals surface area contributed by atoms with Gasteiger partial charge in [0.2, 0.25) is 0 Å².